The van der Waals surface area contributed by atoms with Crippen LogP contribution in [-0.2, 0) is 0 Å². The fourth-order valence-corrected chi connectivity index (χ4v) is 2.60. The van der Waals surface area contributed by atoms with E-state index in [2.05, 4.69) is 30.8 Å². The van der Waals surface area contributed by atoms with Crippen molar-refractivity contribution in [2.24, 2.45) is 5.10 Å². The van der Waals surface area contributed by atoms with Crippen molar-refractivity contribution in [3.05, 3.63) is 65.9 Å². The third-order valence-corrected chi connectivity index (χ3v) is 3.96. The molecule has 27 heavy (non-hydrogen) atoms. The van der Waals surface area contributed by atoms with E-state index in [0.29, 0.717) is 17.1 Å². The van der Waals surface area contributed by atoms with Gasteiger partial charge in [-0.15, -0.1) is 10.2 Å². The second-order valence-electron chi connectivity index (χ2n) is 5.78. The second kappa shape index (κ2) is 7.20. The van der Waals surface area contributed by atoms with Crippen molar-refractivity contribution in [1.82, 2.24) is 25.0 Å². The highest BCUT2D eigenvalue weighted by molar-refractivity contribution is 5.80. The Morgan fingerprint density at radius 2 is 1.81 bits per heavy atom. The number of rotatable bonds is 5. The van der Waals surface area contributed by atoms with Crippen LogP contribution in [0.25, 0.3) is 16.9 Å². The van der Waals surface area contributed by atoms with Crippen LogP contribution in [0.3, 0.4) is 0 Å². The molecule has 8 heteroatoms. The smallest absolute Gasteiger partial charge is 0.265 e. The van der Waals surface area contributed by atoms with Gasteiger partial charge in [0.05, 0.1) is 24.7 Å². The Morgan fingerprint density at radius 1 is 1.04 bits per heavy atom. The van der Waals surface area contributed by atoms with E-state index in [9.17, 15) is 0 Å². The number of hydrazone groups is 1. The maximum atomic E-state index is 5.14. The number of hydrogen-bond donors (Lipinski definition) is 1. The Labute approximate surface area is 155 Å². The summed E-state index contributed by atoms with van der Waals surface area (Å²) in [5.74, 6) is 1.09. The largest absolute Gasteiger partial charge is 0.497 e. The van der Waals surface area contributed by atoms with E-state index in [1.54, 1.807) is 18.0 Å². The molecule has 0 saturated carbocycles. The lowest BCUT2D eigenvalue weighted by Gasteiger charge is -2.03. The van der Waals surface area contributed by atoms with Crippen molar-refractivity contribution < 1.29 is 4.74 Å². The van der Waals surface area contributed by atoms with Crippen LogP contribution in [0.2, 0.25) is 0 Å². The first kappa shape index (κ1) is 16.6. The number of benzene rings is 2. The number of ether oxygens (including phenoxy) is 1. The number of aryl methyl sites for hydroxylation is 1. The normalized spacial score (nSPS) is 11.2. The van der Waals surface area contributed by atoms with Gasteiger partial charge in [-0.1, -0.05) is 18.2 Å². The summed E-state index contributed by atoms with van der Waals surface area (Å²) < 4.78 is 6.88. The molecule has 8 nitrogen and oxygen atoms in total. The summed E-state index contributed by atoms with van der Waals surface area (Å²) >= 11 is 0. The fraction of sp³-hybridized carbons (Fsp3) is 0.105. The van der Waals surface area contributed by atoms with E-state index in [1.165, 1.54) is 0 Å². The van der Waals surface area contributed by atoms with E-state index < -0.39 is 0 Å². The molecule has 134 valence electrons. The number of aromatic nitrogens is 5. The Kier molecular flexibility index (Phi) is 4.44. The molecule has 0 fully saturated rings. The van der Waals surface area contributed by atoms with E-state index >= 15 is 0 Å². The average Bonchev–Trinajstić information content (AvgIpc) is 3.05. The van der Waals surface area contributed by atoms with Crippen LogP contribution in [0.5, 0.6) is 5.75 Å². The van der Waals surface area contributed by atoms with E-state index in [0.717, 1.165) is 22.7 Å². The van der Waals surface area contributed by atoms with Gasteiger partial charge in [0.1, 0.15) is 5.75 Å². The van der Waals surface area contributed by atoms with Crippen LogP contribution >= 0.6 is 0 Å². The third kappa shape index (κ3) is 3.45. The van der Waals surface area contributed by atoms with Crippen LogP contribution in [0.4, 0.5) is 5.95 Å². The lowest BCUT2D eigenvalue weighted by atomic mass is 10.2. The molecule has 0 spiro atoms. The molecule has 1 N–H and O–H groups in total. The van der Waals surface area contributed by atoms with Gasteiger partial charge in [0.15, 0.2) is 11.2 Å². The predicted octanol–water partition coefficient (Wildman–Crippen LogP) is 2.97. The van der Waals surface area contributed by atoms with E-state index in [-0.39, 0.29) is 0 Å². The molecule has 0 aliphatic carbocycles. The maximum absolute atomic E-state index is 5.14. The third-order valence-electron chi connectivity index (χ3n) is 3.96. The second-order valence-corrected chi connectivity index (χ2v) is 5.78. The standard InChI is InChI=1S/C19H17N7O/c1-13-17-18(26(25-13)15-6-4-3-5-7-15)21-19(24-22-17)23-20-12-14-8-10-16(27-2)11-9-14/h3-12H,1-2H3,(H,21,23,24)/b20-12+. The van der Waals surface area contributed by atoms with Gasteiger partial charge in [0, 0.05) is 0 Å². The molecule has 4 aromatic rings. The molecule has 0 saturated heterocycles. The van der Waals surface area contributed by atoms with Crippen molar-refractivity contribution >= 4 is 23.3 Å². The number of nitrogens with zero attached hydrogens (tertiary/aromatic N) is 6. The minimum absolute atomic E-state index is 0.296. The summed E-state index contributed by atoms with van der Waals surface area (Å²) in [4.78, 5) is 4.51. The first-order chi connectivity index (χ1) is 13.2. The van der Waals surface area contributed by atoms with Crippen molar-refractivity contribution in [2.75, 3.05) is 12.5 Å². The van der Waals surface area contributed by atoms with Crippen LogP contribution in [0.1, 0.15) is 11.3 Å². The summed E-state index contributed by atoms with van der Waals surface area (Å²) in [7, 11) is 1.63. The Morgan fingerprint density at radius 3 is 2.56 bits per heavy atom. The number of fused-ring (bicyclic) bond motifs is 1. The molecule has 2 aromatic carbocycles. The number of nitrogens with one attached hydrogen (secondary N) is 1. The summed E-state index contributed by atoms with van der Waals surface area (Å²) in [6, 6.07) is 17.3. The minimum Gasteiger partial charge on any atom is -0.497 e. The Bertz CT molecular complexity index is 1090. The fourth-order valence-electron chi connectivity index (χ4n) is 2.60. The molecule has 0 aliphatic heterocycles. The summed E-state index contributed by atoms with van der Waals surface area (Å²) in [5, 5.41) is 17.0. The zero-order valence-corrected chi connectivity index (χ0v) is 14.9. The van der Waals surface area contributed by atoms with Gasteiger partial charge in [-0.05, 0) is 48.9 Å². The maximum Gasteiger partial charge on any atom is 0.265 e. The Hall–Kier alpha value is -3.81. The molecule has 0 bridgehead atoms. The zero-order valence-electron chi connectivity index (χ0n) is 14.9. The molecular weight excluding hydrogens is 342 g/mol. The lowest BCUT2D eigenvalue weighted by Crippen LogP contribution is -2.02. The number of para-hydroxylation sites is 1. The van der Waals surface area contributed by atoms with Gasteiger partial charge < -0.3 is 4.74 Å². The Balaban J connectivity index is 1.60. The highest BCUT2D eigenvalue weighted by atomic mass is 16.5. The molecule has 0 amide bonds. The lowest BCUT2D eigenvalue weighted by molar-refractivity contribution is 0.415. The van der Waals surface area contributed by atoms with Crippen molar-refractivity contribution in [1.29, 1.82) is 0 Å². The summed E-state index contributed by atoms with van der Waals surface area (Å²) in [5.41, 5.74) is 6.68. The highest BCUT2D eigenvalue weighted by Gasteiger charge is 2.13. The van der Waals surface area contributed by atoms with Gasteiger partial charge >= 0.3 is 0 Å². The number of anilines is 1. The van der Waals surface area contributed by atoms with Crippen molar-refractivity contribution in [3.8, 4) is 11.4 Å². The molecule has 0 atom stereocenters. The first-order valence-corrected chi connectivity index (χ1v) is 8.33. The van der Waals surface area contributed by atoms with Gasteiger partial charge in [-0.3, -0.25) is 0 Å². The average molecular weight is 359 g/mol. The van der Waals surface area contributed by atoms with Crippen molar-refractivity contribution in [3.63, 3.8) is 0 Å². The molecule has 0 unspecified atom stereocenters. The monoisotopic (exact) mass is 359 g/mol. The van der Waals surface area contributed by atoms with Gasteiger partial charge in [0.2, 0.25) is 0 Å². The predicted molar refractivity (Wildman–Crippen MR) is 103 cm³/mol. The molecule has 0 radical (unpaired) electrons. The van der Waals surface area contributed by atoms with Gasteiger partial charge in [-0.25, -0.2) is 10.1 Å². The molecular formula is C19H17N7O. The SMILES string of the molecule is COc1ccc(/C=N/Nc2nnc3c(C)nn(-c4ccccc4)c3n2)cc1. The van der Waals surface area contributed by atoms with E-state index in [4.69, 9.17) is 4.74 Å². The van der Waals surface area contributed by atoms with Gasteiger partial charge in [-0.2, -0.15) is 15.2 Å². The zero-order chi connectivity index (χ0) is 18.6. The molecule has 2 aromatic heterocycles. The first-order valence-electron chi connectivity index (χ1n) is 8.33. The topological polar surface area (TPSA) is 90.1 Å². The van der Waals surface area contributed by atoms with Gasteiger partial charge in [0.25, 0.3) is 5.95 Å². The van der Waals surface area contributed by atoms with Crippen molar-refractivity contribution in [2.45, 2.75) is 6.92 Å². The summed E-state index contributed by atoms with van der Waals surface area (Å²) in [6.45, 7) is 1.88. The summed E-state index contributed by atoms with van der Waals surface area (Å²) in [6.07, 6.45) is 1.67. The van der Waals surface area contributed by atoms with Crippen LogP contribution in [0.15, 0.2) is 59.7 Å². The number of methoxy groups -OCH3 is 1. The molecule has 4 rings (SSSR count). The van der Waals surface area contributed by atoms with Crippen LogP contribution < -0.4 is 10.2 Å². The quantitative estimate of drug-likeness (QED) is 0.435. The van der Waals surface area contributed by atoms with E-state index in [1.807, 2.05) is 61.5 Å². The molecule has 0 aliphatic rings. The highest BCUT2D eigenvalue weighted by Crippen LogP contribution is 2.18. The minimum atomic E-state index is 0.296. The number of hydrogen-bond acceptors (Lipinski definition) is 7. The van der Waals surface area contributed by atoms with Crippen LogP contribution in [0, 0.1) is 6.92 Å². The molecule has 2 heterocycles. The van der Waals surface area contributed by atoms with Crippen LogP contribution in [-0.4, -0.2) is 38.3 Å².